The van der Waals surface area contributed by atoms with Crippen LogP contribution in [0.1, 0.15) is 50.2 Å². The van der Waals surface area contributed by atoms with Gasteiger partial charge in [0.1, 0.15) is 6.07 Å². The first-order chi connectivity index (χ1) is 8.64. The van der Waals surface area contributed by atoms with Gasteiger partial charge in [0.2, 0.25) is 0 Å². The van der Waals surface area contributed by atoms with Crippen LogP contribution in [-0.4, -0.2) is 6.54 Å². The summed E-state index contributed by atoms with van der Waals surface area (Å²) < 4.78 is 0. The molecule has 0 spiro atoms. The molecule has 0 heterocycles. The van der Waals surface area contributed by atoms with Crippen LogP contribution in [0, 0.1) is 23.7 Å². The van der Waals surface area contributed by atoms with Crippen molar-refractivity contribution in [2.24, 2.45) is 5.41 Å². The zero-order valence-electron chi connectivity index (χ0n) is 11.4. The molecular formula is C16H22N2. The molecule has 1 aliphatic rings. The van der Waals surface area contributed by atoms with Crippen LogP contribution in [0.5, 0.6) is 0 Å². The van der Waals surface area contributed by atoms with Gasteiger partial charge in [0.25, 0.3) is 0 Å². The lowest BCUT2D eigenvalue weighted by Gasteiger charge is -2.34. The van der Waals surface area contributed by atoms with Gasteiger partial charge in [0.15, 0.2) is 0 Å². The fraction of sp³-hybridized carbons (Fsp3) is 0.562. The van der Waals surface area contributed by atoms with Gasteiger partial charge in [-0.2, -0.15) is 5.26 Å². The van der Waals surface area contributed by atoms with Gasteiger partial charge in [-0.25, -0.2) is 0 Å². The summed E-state index contributed by atoms with van der Waals surface area (Å²) in [5, 5.41) is 12.7. The van der Waals surface area contributed by atoms with Crippen molar-refractivity contribution in [2.45, 2.75) is 46.0 Å². The van der Waals surface area contributed by atoms with E-state index in [9.17, 15) is 0 Å². The first-order valence-electron chi connectivity index (χ1n) is 6.88. The minimum absolute atomic E-state index is 0.396. The first kappa shape index (κ1) is 13.0. The molecule has 0 atom stereocenters. The first-order valence-corrected chi connectivity index (χ1v) is 6.88. The Labute approximate surface area is 110 Å². The molecule has 96 valence electrons. The van der Waals surface area contributed by atoms with E-state index in [1.165, 1.54) is 32.1 Å². The Kier molecular flexibility index (Phi) is 3.91. The van der Waals surface area contributed by atoms with Crippen molar-refractivity contribution in [2.75, 3.05) is 11.9 Å². The summed E-state index contributed by atoms with van der Waals surface area (Å²) in [6, 6.07) is 8.17. The second-order valence-corrected chi connectivity index (χ2v) is 5.83. The Morgan fingerprint density at radius 2 is 2.00 bits per heavy atom. The van der Waals surface area contributed by atoms with Crippen molar-refractivity contribution in [1.82, 2.24) is 0 Å². The van der Waals surface area contributed by atoms with E-state index in [4.69, 9.17) is 5.26 Å². The molecule has 0 amide bonds. The summed E-state index contributed by atoms with van der Waals surface area (Å²) >= 11 is 0. The third-order valence-corrected chi connectivity index (χ3v) is 4.15. The summed E-state index contributed by atoms with van der Waals surface area (Å²) in [5.74, 6) is 0. The van der Waals surface area contributed by atoms with Crippen molar-refractivity contribution in [1.29, 1.82) is 5.26 Å². The maximum Gasteiger partial charge on any atom is 0.101 e. The average Bonchev–Trinajstić information content (AvgIpc) is 2.38. The zero-order chi connectivity index (χ0) is 13.0. The van der Waals surface area contributed by atoms with Crippen LogP contribution in [0.25, 0.3) is 0 Å². The molecular weight excluding hydrogens is 220 g/mol. The van der Waals surface area contributed by atoms with Gasteiger partial charge in [-0.1, -0.05) is 38.3 Å². The number of nitrogens with zero attached hydrogens (tertiary/aromatic N) is 1. The highest BCUT2D eigenvalue weighted by atomic mass is 14.9. The molecule has 2 rings (SSSR count). The molecule has 1 aliphatic carbocycles. The van der Waals surface area contributed by atoms with Crippen LogP contribution < -0.4 is 5.32 Å². The third kappa shape index (κ3) is 2.85. The van der Waals surface area contributed by atoms with Crippen LogP contribution in [-0.2, 0) is 0 Å². The Balaban J connectivity index is 2.08. The lowest BCUT2D eigenvalue weighted by Crippen LogP contribution is -2.29. The van der Waals surface area contributed by atoms with Crippen molar-refractivity contribution in [3.05, 3.63) is 29.3 Å². The molecule has 1 aromatic rings. The SMILES string of the molecule is Cc1cccc(C#N)c1NCC1(C)CCCCC1. The van der Waals surface area contributed by atoms with Gasteiger partial charge < -0.3 is 5.32 Å². The van der Waals surface area contributed by atoms with Gasteiger partial charge in [0, 0.05) is 6.54 Å². The van der Waals surface area contributed by atoms with Crippen LogP contribution >= 0.6 is 0 Å². The lowest BCUT2D eigenvalue weighted by molar-refractivity contribution is 0.233. The summed E-state index contributed by atoms with van der Waals surface area (Å²) in [5.41, 5.74) is 3.34. The number of nitriles is 1. The van der Waals surface area contributed by atoms with E-state index in [-0.39, 0.29) is 0 Å². The lowest BCUT2D eigenvalue weighted by atomic mass is 9.75. The van der Waals surface area contributed by atoms with E-state index in [1.54, 1.807) is 0 Å². The van der Waals surface area contributed by atoms with Gasteiger partial charge in [-0.05, 0) is 36.8 Å². The smallest absolute Gasteiger partial charge is 0.101 e. The number of nitrogens with one attached hydrogen (secondary N) is 1. The topological polar surface area (TPSA) is 35.8 Å². The van der Waals surface area contributed by atoms with Crippen LogP contribution in [0.2, 0.25) is 0 Å². The molecule has 2 heteroatoms. The number of hydrogen-bond acceptors (Lipinski definition) is 2. The second kappa shape index (κ2) is 5.44. The summed E-state index contributed by atoms with van der Waals surface area (Å²) in [6.45, 7) is 5.41. The highest BCUT2D eigenvalue weighted by molar-refractivity contribution is 5.62. The van der Waals surface area contributed by atoms with Crippen molar-refractivity contribution < 1.29 is 0 Å². The fourth-order valence-electron chi connectivity index (χ4n) is 2.88. The van der Waals surface area contributed by atoms with Crippen molar-refractivity contribution in [3.8, 4) is 6.07 Å². The van der Waals surface area contributed by atoms with E-state index in [0.717, 1.165) is 23.4 Å². The van der Waals surface area contributed by atoms with Gasteiger partial charge >= 0.3 is 0 Å². The standard InChI is InChI=1S/C16H22N2/c1-13-7-6-8-14(11-17)15(13)18-12-16(2)9-4-3-5-10-16/h6-8,18H,3-5,9-10,12H2,1-2H3. The Morgan fingerprint density at radius 1 is 1.28 bits per heavy atom. The van der Waals surface area contributed by atoms with Crippen LogP contribution in [0.4, 0.5) is 5.69 Å². The minimum atomic E-state index is 0.396. The average molecular weight is 242 g/mol. The Morgan fingerprint density at radius 3 is 2.67 bits per heavy atom. The highest BCUT2D eigenvalue weighted by Gasteiger charge is 2.26. The molecule has 0 radical (unpaired) electrons. The molecule has 0 saturated heterocycles. The minimum Gasteiger partial charge on any atom is -0.383 e. The van der Waals surface area contributed by atoms with Gasteiger partial charge in [-0.15, -0.1) is 0 Å². The van der Waals surface area contributed by atoms with E-state index in [2.05, 4.69) is 31.3 Å². The summed E-state index contributed by atoms with van der Waals surface area (Å²) in [7, 11) is 0. The number of anilines is 1. The molecule has 1 aromatic carbocycles. The molecule has 1 saturated carbocycles. The summed E-state index contributed by atoms with van der Waals surface area (Å²) in [6.07, 6.45) is 6.67. The molecule has 0 aliphatic heterocycles. The van der Waals surface area contributed by atoms with E-state index < -0.39 is 0 Å². The predicted octanol–water partition coefficient (Wildman–Crippen LogP) is 4.25. The molecule has 1 N–H and O–H groups in total. The predicted molar refractivity (Wildman–Crippen MR) is 75.6 cm³/mol. The highest BCUT2D eigenvalue weighted by Crippen LogP contribution is 2.36. The van der Waals surface area contributed by atoms with Crippen LogP contribution in [0.15, 0.2) is 18.2 Å². The molecule has 2 nitrogen and oxygen atoms in total. The number of rotatable bonds is 3. The molecule has 1 fully saturated rings. The zero-order valence-corrected chi connectivity index (χ0v) is 11.4. The monoisotopic (exact) mass is 242 g/mol. The number of aryl methyl sites for hydroxylation is 1. The van der Waals surface area contributed by atoms with E-state index in [0.29, 0.717) is 5.41 Å². The largest absolute Gasteiger partial charge is 0.383 e. The molecule has 18 heavy (non-hydrogen) atoms. The molecule has 0 aromatic heterocycles. The normalized spacial score (nSPS) is 18.1. The third-order valence-electron chi connectivity index (χ3n) is 4.15. The quantitative estimate of drug-likeness (QED) is 0.860. The van der Waals surface area contributed by atoms with E-state index >= 15 is 0 Å². The van der Waals surface area contributed by atoms with Crippen molar-refractivity contribution in [3.63, 3.8) is 0 Å². The molecule has 0 unspecified atom stereocenters. The number of hydrogen-bond donors (Lipinski definition) is 1. The van der Waals surface area contributed by atoms with Gasteiger partial charge in [0.05, 0.1) is 11.3 Å². The van der Waals surface area contributed by atoms with Crippen LogP contribution in [0.3, 0.4) is 0 Å². The molecule has 0 bridgehead atoms. The fourth-order valence-corrected chi connectivity index (χ4v) is 2.88. The Bertz CT molecular complexity index is 451. The summed E-state index contributed by atoms with van der Waals surface area (Å²) in [4.78, 5) is 0. The second-order valence-electron chi connectivity index (χ2n) is 5.83. The van der Waals surface area contributed by atoms with Crippen molar-refractivity contribution >= 4 is 5.69 Å². The number of benzene rings is 1. The number of para-hydroxylation sites is 1. The Hall–Kier alpha value is -1.49. The van der Waals surface area contributed by atoms with E-state index in [1.807, 2.05) is 12.1 Å². The van der Waals surface area contributed by atoms with Gasteiger partial charge in [-0.3, -0.25) is 0 Å². The maximum atomic E-state index is 9.15. The maximum absolute atomic E-state index is 9.15.